The van der Waals surface area contributed by atoms with Gasteiger partial charge in [0.1, 0.15) is 6.54 Å². The lowest BCUT2D eigenvalue weighted by Gasteiger charge is -2.28. The zero-order chi connectivity index (χ0) is 17.2. The minimum atomic E-state index is -3.62. The van der Waals surface area contributed by atoms with Crippen LogP contribution in [-0.4, -0.2) is 45.1 Å². The second-order valence-electron chi connectivity index (χ2n) is 5.81. The Morgan fingerprint density at radius 3 is 2.35 bits per heavy atom. The summed E-state index contributed by atoms with van der Waals surface area (Å²) in [7, 11) is -1.89. The van der Waals surface area contributed by atoms with Crippen LogP contribution in [0.15, 0.2) is 18.2 Å². The molecule has 1 aromatic carbocycles. The Morgan fingerprint density at radius 2 is 1.83 bits per heavy atom. The smallest absolute Gasteiger partial charge is 0.243 e. The number of likely N-dealkylation sites (N-methyl/N-ethyl adjacent to an activating group) is 1. The lowest BCUT2D eigenvalue weighted by Crippen LogP contribution is -2.44. The Kier molecular flexibility index (Phi) is 5.81. The number of nitrogens with zero attached hydrogens (tertiary/aromatic N) is 2. The van der Waals surface area contributed by atoms with E-state index in [0.717, 1.165) is 36.2 Å². The van der Waals surface area contributed by atoms with Gasteiger partial charge in [-0.15, -0.1) is 0 Å². The number of carbonyl (C=O) groups excluding carboxylic acids is 1. The van der Waals surface area contributed by atoms with Gasteiger partial charge in [0.25, 0.3) is 0 Å². The average Bonchev–Trinajstić information content (AvgIpc) is 2.99. The fraction of sp³-hybridized carbons (Fsp3) is 0.533. The van der Waals surface area contributed by atoms with E-state index in [0.29, 0.717) is 10.7 Å². The molecule has 0 atom stereocenters. The van der Waals surface area contributed by atoms with Gasteiger partial charge in [-0.25, -0.2) is 8.42 Å². The summed E-state index contributed by atoms with van der Waals surface area (Å²) in [5, 5.41) is 0.577. The van der Waals surface area contributed by atoms with Crippen LogP contribution in [0.25, 0.3) is 0 Å². The van der Waals surface area contributed by atoms with E-state index in [4.69, 9.17) is 23.2 Å². The molecule has 128 valence electrons. The third-order valence-corrected chi connectivity index (χ3v) is 6.02. The number of hydrogen-bond acceptors (Lipinski definition) is 3. The zero-order valence-corrected chi connectivity index (χ0v) is 15.5. The van der Waals surface area contributed by atoms with Crippen LogP contribution >= 0.6 is 23.2 Å². The number of carbonyl (C=O) groups is 1. The first kappa shape index (κ1) is 18.4. The van der Waals surface area contributed by atoms with Crippen molar-refractivity contribution in [2.75, 3.05) is 24.2 Å². The Balaban J connectivity index is 2.22. The fourth-order valence-electron chi connectivity index (χ4n) is 2.77. The van der Waals surface area contributed by atoms with Crippen LogP contribution in [0.1, 0.15) is 25.7 Å². The lowest BCUT2D eigenvalue weighted by atomic mass is 10.2. The number of benzene rings is 1. The molecule has 1 amide bonds. The van der Waals surface area contributed by atoms with Crippen molar-refractivity contribution < 1.29 is 13.2 Å². The summed E-state index contributed by atoms with van der Waals surface area (Å²) < 4.78 is 25.2. The minimum absolute atomic E-state index is 0.192. The van der Waals surface area contributed by atoms with Crippen LogP contribution < -0.4 is 4.31 Å². The maximum Gasteiger partial charge on any atom is 0.243 e. The van der Waals surface area contributed by atoms with Crippen molar-refractivity contribution in [1.29, 1.82) is 0 Å². The van der Waals surface area contributed by atoms with E-state index >= 15 is 0 Å². The molecule has 1 aliphatic rings. The van der Waals surface area contributed by atoms with E-state index < -0.39 is 10.0 Å². The van der Waals surface area contributed by atoms with E-state index in [-0.39, 0.29) is 23.5 Å². The van der Waals surface area contributed by atoms with Crippen LogP contribution in [-0.2, 0) is 14.8 Å². The van der Waals surface area contributed by atoms with E-state index in [9.17, 15) is 13.2 Å². The molecule has 0 aliphatic heterocycles. The largest absolute Gasteiger partial charge is 0.341 e. The number of sulfonamides is 1. The molecule has 0 N–H and O–H groups in total. The van der Waals surface area contributed by atoms with Gasteiger partial charge >= 0.3 is 0 Å². The molecule has 1 aromatic rings. The van der Waals surface area contributed by atoms with Crippen molar-refractivity contribution in [2.45, 2.75) is 31.7 Å². The summed E-state index contributed by atoms with van der Waals surface area (Å²) in [4.78, 5) is 14.1. The molecule has 8 heteroatoms. The first-order chi connectivity index (χ1) is 10.7. The molecule has 2 rings (SSSR count). The highest BCUT2D eigenvalue weighted by atomic mass is 35.5. The molecule has 0 spiro atoms. The van der Waals surface area contributed by atoms with Crippen molar-refractivity contribution in [2.24, 2.45) is 0 Å². The van der Waals surface area contributed by atoms with E-state index in [2.05, 4.69) is 0 Å². The Hall–Kier alpha value is -0.980. The van der Waals surface area contributed by atoms with E-state index in [1.807, 2.05) is 0 Å². The standard InChI is InChI=1S/C15H20Cl2N2O3S/c1-18(11-5-3-4-6-11)15(20)10-19(23(2,21)22)12-7-8-13(16)14(17)9-12/h7-9,11H,3-6,10H2,1-2H3. The molecule has 0 unspecified atom stereocenters. The van der Waals surface area contributed by atoms with Crippen LogP contribution in [0, 0.1) is 0 Å². The second kappa shape index (κ2) is 7.28. The molecule has 1 aliphatic carbocycles. The van der Waals surface area contributed by atoms with Gasteiger partial charge in [-0.3, -0.25) is 9.10 Å². The normalized spacial score (nSPS) is 15.7. The van der Waals surface area contributed by atoms with Gasteiger partial charge in [-0.1, -0.05) is 36.0 Å². The second-order valence-corrected chi connectivity index (χ2v) is 8.53. The number of amides is 1. The van der Waals surface area contributed by atoms with Crippen molar-refractivity contribution in [3.8, 4) is 0 Å². The summed E-state index contributed by atoms with van der Waals surface area (Å²) in [6.07, 6.45) is 5.20. The van der Waals surface area contributed by atoms with Gasteiger partial charge in [0.05, 0.1) is 22.0 Å². The highest BCUT2D eigenvalue weighted by Crippen LogP contribution is 2.29. The Morgan fingerprint density at radius 1 is 1.22 bits per heavy atom. The predicted molar refractivity (Wildman–Crippen MR) is 93.7 cm³/mol. The molecule has 0 saturated heterocycles. The SMILES string of the molecule is CN(C(=O)CN(c1ccc(Cl)c(Cl)c1)S(C)(=O)=O)C1CCCC1. The molecular weight excluding hydrogens is 359 g/mol. The third kappa shape index (κ3) is 4.52. The Bertz CT molecular complexity index is 688. The topological polar surface area (TPSA) is 57.7 Å². The minimum Gasteiger partial charge on any atom is -0.341 e. The maximum atomic E-state index is 12.5. The predicted octanol–water partition coefficient (Wildman–Crippen LogP) is 3.16. The van der Waals surface area contributed by atoms with Gasteiger partial charge in [0.2, 0.25) is 15.9 Å². The molecule has 0 aromatic heterocycles. The zero-order valence-electron chi connectivity index (χ0n) is 13.1. The van der Waals surface area contributed by atoms with Crippen molar-refractivity contribution in [3.63, 3.8) is 0 Å². The van der Waals surface area contributed by atoms with Crippen molar-refractivity contribution in [1.82, 2.24) is 4.90 Å². The first-order valence-corrected chi connectivity index (χ1v) is 9.99. The van der Waals surface area contributed by atoms with Crippen molar-refractivity contribution >= 4 is 44.8 Å². The quantitative estimate of drug-likeness (QED) is 0.790. The first-order valence-electron chi connectivity index (χ1n) is 7.38. The van der Waals surface area contributed by atoms with E-state index in [1.165, 1.54) is 18.2 Å². The Labute approximate surface area is 147 Å². The van der Waals surface area contributed by atoms with Gasteiger partial charge in [-0.2, -0.15) is 0 Å². The summed E-state index contributed by atoms with van der Waals surface area (Å²) in [6.45, 7) is -0.246. The van der Waals surface area contributed by atoms with Gasteiger partial charge in [0, 0.05) is 13.1 Å². The molecular formula is C15H20Cl2N2O3S. The molecule has 5 nitrogen and oxygen atoms in total. The summed E-state index contributed by atoms with van der Waals surface area (Å²) in [5.41, 5.74) is 0.329. The van der Waals surface area contributed by atoms with Crippen molar-refractivity contribution in [3.05, 3.63) is 28.2 Å². The molecule has 23 heavy (non-hydrogen) atoms. The molecule has 1 fully saturated rings. The summed E-state index contributed by atoms with van der Waals surface area (Å²) in [6, 6.07) is 4.70. The highest BCUT2D eigenvalue weighted by Gasteiger charge is 2.27. The fourth-order valence-corrected chi connectivity index (χ4v) is 3.90. The van der Waals surface area contributed by atoms with Crippen LogP contribution in [0.3, 0.4) is 0 Å². The van der Waals surface area contributed by atoms with Crippen LogP contribution in [0.2, 0.25) is 10.0 Å². The van der Waals surface area contributed by atoms with Gasteiger partial charge in [0.15, 0.2) is 0 Å². The van der Waals surface area contributed by atoms with Gasteiger partial charge < -0.3 is 4.90 Å². The highest BCUT2D eigenvalue weighted by molar-refractivity contribution is 7.92. The van der Waals surface area contributed by atoms with Gasteiger partial charge in [-0.05, 0) is 31.0 Å². The van der Waals surface area contributed by atoms with E-state index in [1.54, 1.807) is 11.9 Å². The summed E-state index contributed by atoms with van der Waals surface area (Å²) >= 11 is 11.8. The number of rotatable bonds is 5. The molecule has 0 radical (unpaired) electrons. The molecule has 0 bridgehead atoms. The molecule has 0 heterocycles. The third-order valence-electron chi connectivity index (χ3n) is 4.14. The average molecular weight is 379 g/mol. The maximum absolute atomic E-state index is 12.5. The van der Waals surface area contributed by atoms with Crippen LogP contribution in [0.5, 0.6) is 0 Å². The molecule has 1 saturated carbocycles. The monoisotopic (exact) mass is 378 g/mol. The number of hydrogen-bond donors (Lipinski definition) is 0. The lowest BCUT2D eigenvalue weighted by molar-refractivity contribution is -0.130. The number of halogens is 2. The summed E-state index contributed by atoms with van der Waals surface area (Å²) in [5.74, 6) is -0.228. The van der Waals surface area contributed by atoms with Crippen LogP contribution in [0.4, 0.5) is 5.69 Å². The number of anilines is 1.